The summed E-state index contributed by atoms with van der Waals surface area (Å²) in [5.41, 5.74) is 0.612. The molecule has 2 aromatic heterocycles. The summed E-state index contributed by atoms with van der Waals surface area (Å²) in [4.78, 5) is 23.7. The second kappa shape index (κ2) is 4.33. The second-order valence-electron chi connectivity index (χ2n) is 5.19. The Morgan fingerprint density at radius 3 is 2.75 bits per heavy atom. The van der Waals surface area contributed by atoms with Gasteiger partial charge in [-0.25, -0.2) is 9.31 Å². The van der Waals surface area contributed by atoms with Crippen molar-refractivity contribution in [3.63, 3.8) is 0 Å². The maximum atomic E-state index is 12.4. The largest absolute Gasteiger partial charge is 0.480 e. The van der Waals surface area contributed by atoms with Gasteiger partial charge in [0.2, 0.25) is 0 Å². The molecule has 104 valence electrons. The third kappa shape index (κ3) is 1.76. The van der Waals surface area contributed by atoms with Crippen LogP contribution in [0, 0.1) is 6.92 Å². The molecule has 0 aromatic carbocycles. The molecule has 20 heavy (non-hydrogen) atoms. The first-order valence-electron chi connectivity index (χ1n) is 6.53. The average molecular weight is 273 g/mol. The van der Waals surface area contributed by atoms with Gasteiger partial charge in [-0.2, -0.15) is 5.10 Å². The van der Waals surface area contributed by atoms with Crippen molar-refractivity contribution in [1.82, 2.24) is 14.9 Å². The Kier molecular flexibility index (Phi) is 2.74. The lowest BCUT2D eigenvalue weighted by molar-refractivity contribution is -0.148. The van der Waals surface area contributed by atoms with Gasteiger partial charge in [0, 0.05) is 6.20 Å². The fourth-order valence-corrected chi connectivity index (χ4v) is 2.60. The zero-order valence-corrected chi connectivity index (χ0v) is 11.1. The predicted octanol–water partition coefficient (Wildman–Crippen LogP) is 1.38. The van der Waals surface area contributed by atoms with E-state index in [-0.39, 0.29) is 5.91 Å². The first-order chi connectivity index (χ1) is 9.53. The van der Waals surface area contributed by atoms with Crippen molar-refractivity contribution in [3.8, 4) is 0 Å². The molecule has 0 spiro atoms. The van der Waals surface area contributed by atoms with Gasteiger partial charge >= 0.3 is 5.97 Å². The third-order valence-corrected chi connectivity index (χ3v) is 3.91. The molecule has 2 heterocycles. The first-order valence-corrected chi connectivity index (χ1v) is 6.53. The number of hydrogen-bond acceptors (Lipinski definition) is 3. The predicted molar refractivity (Wildman–Crippen MR) is 71.6 cm³/mol. The van der Waals surface area contributed by atoms with Crippen LogP contribution < -0.4 is 5.32 Å². The standard InChI is InChI=1S/C14H15N3O3/c1-9-11(10-5-2-3-8-17(10)16-9)12(18)15-14(13(19)20)6-4-7-14/h2-3,5,8H,4,6-7H2,1H3,(H,15,18)(H,19,20). The number of carbonyl (C=O) groups excluding carboxylic acids is 1. The molecule has 0 bridgehead atoms. The van der Waals surface area contributed by atoms with Crippen LogP contribution in [0.15, 0.2) is 24.4 Å². The minimum atomic E-state index is -1.10. The summed E-state index contributed by atoms with van der Waals surface area (Å²) in [7, 11) is 0. The molecule has 6 heteroatoms. The fourth-order valence-electron chi connectivity index (χ4n) is 2.60. The van der Waals surface area contributed by atoms with Crippen LogP contribution in [0.4, 0.5) is 0 Å². The van der Waals surface area contributed by atoms with E-state index >= 15 is 0 Å². The Bertz CT molecular complexity index is 701. The number of aromatic nitrogens is 2. The van der Waals surface area contributed by atoms with Crippen molar-refractivity contribution in [2.24, 2.45) is 0 Å². The number of pyridine rings is 1. The Balaban J connectivity index is 1.97. The zero-order chi connectivity index (χ0) is 14.3. The lowest BCUT2D eigenvalue weighted by Gasteiger charge is -2.38. The Hall–Kier alpha value is -2.37. The van der Waals surface area contributed by atoms with Crippen molar-refractivity contribution >= 4 is 17.4 Å². The molecule has 1 aliphatic rings. The maximum absolute atomic E-state index is 12.4. The van der Waals surface area contributed by atoms with Gasteiger partial charge in [-0.05, 0) is 38.3 Å². The molecule has 0 saturated heterocycles. The van der Waals surface area contributed by atoms with Gasteiger partial charge in [0.1, 0.15) is 5.54 Å². The molecule has 6 nitrogen and oxygen atoms in total. The van der Waals surface area contributed by atoms with Crippen LogP contribution in [-0.4, -0.2) is 32.1 Å². The van der Waals surface area contributed by atoms with E-state index in [1.54, 1.807) is 23.7 Å². The minimum absolute atomic E-state index is 0.370. The fraction of sp³-hybridized carbons (Fsp3) is 0.357. The van der Waals surface area contributed by atoms with Gasteiger partial charge < -0.3 is 10.4 Å². The summed E-state index contributed by atoms with van der Waals surface area (Å²) >= 11 is 0. The molecule has 2 N–H and O–H groups in total. The highest BCUT2D eigenvalue weighted by atomic mass is 16.4. The summed E-state index contributed by atoms with van der Waals surface area (Å²) < 4.78 is 1.62. The van der Waals surface area contributed by atoms with Crippen LogP contribution in [0.25, 0.3) is 5.52 Å². The number of fused-ring (bicyclic) bond motifs is 1. The summed E-state index contributed by atoms with van der Waals surface area (Å²) in [6, 6.07) is 5.44. The van der Waals surface area contributed by atoms with E-state index < -0.39 is 11.5 Å². The van der Waals surface area contributed by atoms with E-state index in [9.17, 15) is 14.7 Å². The van der Waals surface area contributed by atoms with Crippen LogP contribution in [0.5, 0.6) is 0 Å². The highest BCUT2D eigenvalue weighted by Gasteiger charge is 2.46. The molecule has 0 aliphatic heterocycles. The molecule has 3 rings (SSSR count). The number of rotatable bonds is 3. The SMILES string of the molecule is Cc1nn2ccccc2c1C(=O)NC1(C(=O)O)CCC1. The van der Waals surface area contributed by atoms with Gasteiger partial charge in [0.25, 0.3) is 5.91 Å². The second-order valence-corrected chi connectivity index (χ2v) is 5.19. The van der Waals surface area contributed by atoms with Crippen LogP contribution in [0.1, 0.15) is 35.3 Å². The molecule has 1 saturated carbocycles. The van der Waals surface area contributed by atoms with Gasteiger partial charge in [-0.15, -0.1) is 0 Å². The number of hydrogen-bond donors (Lipinski definition) is 2. The molecular formula is C14H15N3O3. The molecular weight excluding hydrogens is 258 g/mol. The monoisotopic (exact) mass is 273 g/mol. The highest BCUT2D eigenvalue weighted by molar-refractivity contribution is 6.04. The summed E-state index contributed by atoms with van der Waals surface area (Å²) in [5.74, 6) is -1.34. The number of carboxylic acid groups (broad SMARTS) is 1. The Labute approximate surface area is 115 Å². The molecule has 1 amide bonds. The van der Waals surface area contributed by atoms with Crippen LogP contribution in [0.2, 0.25) is 0 Å². The van der Waals surface area contributed by atoms with Crippen molar-refractivity contribution in [3.05, 3.63) is 35.7 Å². The van der Waals surface area contributed by atoms with Crippen LogP contribution >= 0.6 is 0 Å². The summed E-state index contributed by atoms with van der Waals surface area (Å²) in [6.45, 7) is 1.75. The zero-order valence-electron chi connectivity index (χ0n) is 11.1. The van der Waals surface area contributed by atoms with E-state index in [0.29, 0.717) is 29.6 Å². The first kappa shape index (κ1) is 12.7. The lowest BCUT2D eigenvalue weighted by atomic mass is 9.76. The number of aryl methyl sites for hydroxylation is 1. The molecule has 1 aliphatic carbocycles. The van der Waals surface area contributed by atoms with E-state index in [1.165, 1.54) is 0 Å². The number of carboxylic acids is 1. The van der Waals surface area contributed by atoms with Gasteiger partial charge in [0.15, 0.2) is 0 Å². The van der Waals surface area contributed by atoms with Gasteiger partial charge in [-0.3, -0.25) is 4.79 Å². The minimum Gasteiger partial charge on any atom is -0.480 e. The Morgan fingerprint density at radius 2 is 2.15 bits per heavy atom. The van der Waals surface area contributed by atoms with Crippen LogP contribution in [-0.2, 0) is 4.79 Å². The van der Waals surface area contributed by atoms with Crippen LogP contribution in [0.3, 0.4) is 0 Å². The molecule has 1 fully saturated rings. The number of carbonyl (C=O) groups is 2. The lowest BCUT2D eigenvalue weighted by Crippen LogP contribution is -2.59. The smallest absolute Gasteiger partial charge is 0.329 e. The molecule has 0 unspecified atom stereocenters. The highest BCUT2D eigenvalue weighted by Crippen LogP contribution is 2.32. The maximum Gasteiger partial charge on any atom is 0.329 e. The normalized spacial score (nSPS) is 16.6. The van der Waals surface area contributed by atoms with E-state index in [1.807, 2.05) is 12.1 Å². The number of nitrogens with zero attached hydrogens (tertiary/aromatic N) is 2. The quantitative estimate of drug-likeness (QED) is 0.885. The van der Waals surface area contributed by atoms with E-state index in [0.717, 1.165) is 6.42 Å². The van der Waals surface area contributed by atoms with Crippen molar-refractivity contribution in [1.29, 1.82) is 0 Å². The van der Waals surface area contributed by atoms with Gasteiger partial charge in [0.05, 0.1) is 16.8 Å². The van der Waals surface area contributed by atoms with E-state index in [2.05, 4.69) is 10.4 Å². The Morgan fingerprint density at radius 1 is 1.40 bits per heavy atom. The third-order valence-electron chi connectivity index (χ3n) is 3.91. The number of aliphatic carboxylic acids is 1. The topological polar surface area (TPSA) is 83.7 Å². The molecule has 0 radical (unpaired) electrons. The van der Waals surface area contributed by atoms with Crippen molar-refractivity contribution in [2.45, 2.75) is 31.7 Å². The summed E-state index contributed by atoms with van der Waals surface area (Å²) in [6.07, 6.45) is 3.54. The number of amides is 1. The van der Waals surface area contributed by atoms with Crippen molar-refractivity contribution < 1.29 is 14.7 Å². The molecule has 0 atom stereocenters. The average Bonchev–Trinajstić information content (AvgIpc) is 2.69. The van der Waals surface area contributed by atoms with E-state index in [4.69, 9.17) is 0 Å². The number of nitrogens with one attached hydrogen (secondary N) is 1. The van der Waals surface area contributed by atoms with Gasteiger partial charge in [-0.1, -0.05) is 6.07 Å². The molecule has 2 aromatic rings. The van der Waals surface area contributed by atoms with Crippen molar-refractivity contribution in [2.75, 3.05) is 0 Å². The summed E-state index contributed by atoms with van der Waals surface area (Å²) in [5, 5.41) is 16.2.